The van der Waals surface area contributed by atoms with Gasteiger partial charge in [0.1, 0.15) is 5.82 Å². The van der Waals surface area contributed by atoms with Gasteiger partial charge in [-0.2, -0.15) is 5.26 Å². The van der Waals surface area contributed by atoms with Gasteiger partial charge in [0, 0.05) is 29.9 Å². The molecule has 3 atom stereocenters. The van der Waals surface area contributed by atoms with Crippen molar-refractivity contribution in [2.75, 3.05) is 5.32 Å². The van der Waals surface area contributed by atoms with Gasteiger partial charge in [-0.15, -0.1) is 0 Å². The summed E-state index contributed by atoms with van der Waals surface area (Å²) in [5.74, 6) is 0.802. The van der Waals surface area contributed by atoms with Gasteiger partial charge in [-0.3, -0.25) is 9.78 Å². The fourth-order valence-electron chi connectivity index (χ4n) is 4.99. The summed E-state index contributed by atoms with van der Waals surface area (Å²) >= 11 is 0. The molecule has 0 unspecified atom stereocenters. The molecular formula is C24H20N4O. The summed E-state index contributed by atoms with van der Waals surface area (Å²) in [6.45, 7) is 0. The summed E-state index contributed by atoms with van der Waals surface area (Å²) in [7, 11) is 0. The Bertz CT molecular complexity index is 1190. The van der Waals surface area contributed by atoms with Crippen LogP contribution < -0.4 is 5.32 Å². The van der Waals surface area contributed by atoms with Crippen LogP contribution in [0.1, 0.15) is 42.7 Å². The van der Waals surface area contributed by atoms with Gasteiger partial charge in [-0.05, 0) is 71.7 Å². The Kier molecular flexibility index (Phi) is 3.24. The molecular weight excluding hydrogens is 360 g/mol. The van der Waals surface area contributed by atoms with E-state index in [0.717, 1.165) is 47.6 Å². The molecule has 0 bridgehead atoms. The number of nitriles is 1. The van der Waals surface area contributed by atoms with Crippen molar-refractivity contribution in [2.45, 2.75) is 37.0 Å². The Hall–Kier alpha value is -3.26. The molecule has 2 aromatic heterocycles. The average molecular weight is 380 g/mol. The molecule has 0 saturated heterocycles. The minimum Gasteiger partial charge on any atom is -0.310 e. The van der Waals surface area contributed by atoms with Crippen LogP contribution in [-0.2, 0) is 10.2 Å². The first-order valence-corrected chi connectivity index (χ1v) is 10.2. The number of rotatable bonds is 4. The van der Waals surface area contributed by atoms with Gasteiger partial charge in [0.2, 0.25) is 5.91 Å². The predicted molar refractivity (Wildman–Crippen MR) is 109 cm³/mol. The maximum Gasteiger partial charge on any atom is 0.229 e. The molecule has 1 aromatic carbocycles. The van der Waals surface area contributed by atoms with Gasteiger partial charge < -0.3 is 5.32 Å². The molecule has 3 aliphatic carbocycles. The zero-order valence-electron chi connectivity index (χ0n) is 15.9. The van der Waals surface area contributed by atoms with E-state index in [1.807, 2.05) is 30.5 Å². The first kappa shape index (κ1) is 16.7. The molecule has 142 valence electrons. The lowest BCUT2D eigenvalue weighted by Crippen LogP contribution is -2.15. The number of hydrogen-bond acceptors (Lipinski definition) is 4. The van der Waals surface area contributed by atoms with E-state index in [0.29, 0.717) is 5.82 Å². The van der Waals surface area contributed by atoms with E-state index in [1.54, 1.807) is 12.4 Å². The topological polar surface area (TPSA) is 78.7 Å². The largest absolute Gasteiger partial charge is 0.310 e. The van der Waals surface area contributed by atoms with Crippen molar-refractivity contribution in [3.8, 4) is 6.07 Å². The zero-order valence-corrected chi connectivity index (χ0v) is 15.9. The van der Waals surface area contributed by atoms with Gasteiger partial charge in [-0.25, -0.2) is 4.98 Å². The summed E-state index contributed by atoms with van der Waals surface area (Å²) < 4.78 is 0. The summed E-state index contributed by atoms with van der Waals surface area (Å²) in [6, 6.07) is 14.7. The lowest BCUT2D eigenvalue weighted by molar-refractivity contribution is -0.117. The Morgan fingerprint density at radius 3 is 2.79 bits per heavy atom. The monoisotopic (exact) mass is 380 g/mol. The van der Waals surface area contributed by atoms with Crippen molar-refractivity contribution >= 4 is 22.5 Å². The number of carbonyl (C=O) groups excluding carboxylic acids is 1. The second kappa shape index (κ2) is 5.64. The van der Waals surface area contributed by atoms with Crippen molar-refractivity contribution in [1.29, 1.82) is 5.26 Å². The number of anilines is 1. The Labute approximate surface area is 168 Å². The molecule has 29 heavy (non-hydrogen) atoms. The van der Waals surface area contributed by atoms with E-state index in [4.69, 9.17) is 0 Å². The molecule has 5 heteroatoms. The number of nitrogens with one attached hydrogen (secondary N) is 1. The molecule has 3 aromatic rings. The molecule has 5 nitrogen and oxygen atoms in total. The molecule has 3 fully saturated rings. The number of aromatic nitrogens is 2. The van der Waals surface area contributed by atoms with E-state index in [9.17, 15) is 10.1 Å². The van der Waals surface area contributed by atoms with Crippen LogP contribution in [0.15, 0.2) is 55.0 Å². The zero-order chi connectivity index (χ0) is 19.6. The third kappa shape index (κ3) is 2.49. The maximum atomic E-state index is 12.7. The van der Waals surface area contributed by atoms with Gasteiger partial charge in [0.15, 0.2) is 0 Å². The van der Waals surface area contributed by atoms with Gasteiger partial charge in [0.25, 0.3) is 0 Å². The van der Waals surface area contributed by atoms with Crippen LogP contribution in [0.2, 0.25) is 0 Å². The summed E-state index contributed by atoms with van der Waals surface area (Å²) in [4.78, 5) is 21.2. The van der Waals surface area contributed by atoms with Crippen LogP contribution in [0.25, 0.3) is 10.8 Å². The summed E-state index contributed by atoms with van der Waals surface area (Å²) in [6.07, 6.45) is 9.53. The molecule has 1 N–H and O–H groups in total. The molecule has 2 heterocycles. The van der Waals surface area contributed by atoms with E-state index in [1.165, 1.54) is 0 Å². The van der Waals surface area contributed by atoms with Crippen LogP contribution >= 0.6 is 0 Å². The van der Waals surface area contributed by atoms with Crippen molar-refractivity contribution in [3.05, 3.63) is 66.1 Å². The minimum absolute atomic E-state index is 0.00878. The van der Waals surface area contributed by atoms with E-state index < -0.39 is 0 Å². The second-order valence-electron chi connectivity index (χ2n) is 8.83. The number of fused-ring (bicyclic) bond motifs is 1. The molecule has 1 spiro atoms. The lowest BCUT2D eigenvalue weighted by Gasteiger charge is -2.11. The van der Waals surface area contributed by atoms with Crippen LogP contribution in [0.3, 0.4) is 0 Å². The van der Waals surface area contributed by atoms with E-state index in [-0.39, 0.29) is 28.6 Å². The third-order valence-electron chi connectivity index (χ3n) is 7.13. The maximum absolute atomic E-state index is 12.7. The van der Waals surface area contributed by atoms with Crippen molar-refractivity contribution < 1.29 is 4.79 Å². The molecule has 3 saturated carbocycles. The highest BCUT2D eigenvalue weighted by molar-refractivity contribution is 5.96. The van der Waals surface area contributed by atoms with Crippen LogP contribution in [0.5, 0.6) is 0 Å². The lowest BCUT2D eigenvalue weighted by atomic mass is 9.92. The second-order valence-corrected chi connectivity index (χ2v) is 8.83. The SMILES string of the molecule is N#C[C@]1(c2ccc3cnc(NC(=O)[C@H]4C[C@@H]4c4cccnc4)cc3c2)CC12CC2. The minimum atomic E-state index is -0.307. The van der Waals surface area contributed by atoms with Gasteiger partial charge in [-0.1, -0.05) is 18.2 Å². The van der Waals surface area contributed by atoms with Crippen LogP contribution in [0, 0.1) is 22.7 Å². The van der Waals surface area contributed by atoms with Crippen LogP contribution in [-0.4, -0.2) is 15.9 Å². The number of hydrogen-bond donors (Lipinski definition) is 1. The number of amides is 1. The fraction of sp³-hybridized carbons (Fsp3) is 0.333. The van der Waals surface area contributed by atoms with Crippen molar-refractivity contribution in [2.24, 2.45) is 11.3 Å². The molecule has 6 rings (SSSR count). The Balaban J connectivity index is 1.23. The van der Waals surface area contributed by atoms with Gasteiger partial charge >= 0.3 is 0 Å². The first-order valence-electron chi connectivity index (χ1n) is 10.2. The molecule has 0 radical (unpaired) electrons. The first-order chi connectivity index (χ1) is 14.1. The Morgan fingerprint density at radius 1 is 1.17 bits per heavy atom. The highest BCUT2D eigenvalue weighted by Crippen LogP contribution is 2.78. The molecule has 1 amide bonds. The molecule has 0 aliphatic heterocycles. The van der Waals surface area contributed by atoms with Crippen molar-refractivity contribution in [1.82, 2.24) is 9.97 Å². The molecule has 3 aliphatic rings. The number of benzene rings is 1. The summed E-state index contributed by atoms with van der Waals surface area (Å²) in [5.41, 5.74) is 2.15. The average Bonchev–Trinajstić information content (AvgIpc) is 3.66. The normalized spacial score (nSPS) is 28.0. The van der Waals surface area contributed by atoms with E-state index in [2.05, 4.69) is 33.5 Å². The van der Waals surface area contributed by atoms with Crippen LogP contribution in [0.4, 0.5) is 5.82 Å². The number of pyridine rings is 2. The smallest absolute Gasteiger partial charge is 0.229 e. The Morgan fingerprint density at radius 2 is 2.07 bits per heavy atom. The predicted octanol–water partition coefficient (Wildman–Crippen LogP) is 4.32. The third-order valence-corrected chi connectivity index (χ3v) is 7.13. The quantitative estimate of drug-likeness (QED) is 0.731. The summed E-state index contributed by atoms with van der Waals surface area (Å²) in [5, 5.41) is 14.8. The van der Waals surface area contributed by atoms with Crippen molar-refractivity contribution in [3.63, 3.8) is 0 Å². The standard InChI is InChI=1S/C24H20N4O/c25-14-24(13-23(24)5-6-23)18-4-3-15-12-27-21(9-17(15)8-18)28-22(29)20-10-19(20)16-2-1-7-26-11-16/h1-4,7-9,11-12,19-20H,5-6,10,13H2,(H,27,28,29)/t19-,20+,24+/m1/s1. The number of carbonyl (C=O) groups is 1. The number of nitrogens with zero attached hydrogens (tertiary/aromatic N) is 3. The highest BCUT2D eigenvalue weighted by Gasteiger charge is 2.75. The van der Waals surface area contributed by atoms with E-state index >= 15 is 0 Å². The van der Waals surface area contributed by atoms with Gasteiger partial charge in [0.05, 0.1) is 11.5 Å². The fourth-order valence-corrected chi connectivity index (χ4v) is 4.99. The highest BCUT2D eigenvalue weighted by atomic mass is 16.2.